The molecule has 0 unspecified atom stereocenters. The summed E-state index contributed by atoms with van der Waals surface area (Å²) in [5, 5.41) is 0. The first kappa shape index (κ1) is 27.8. The average Bonchev–Trinajstić information content (AvgIpc) is 2.56. The average molecular weight is 431 g/mol. The molecule has 0 heterocycles. The number of hydrogen-bond donors (Lipinski definition) is 0. The molecule has 2 nitrogen and oxygen atoms in total. The Bertz CT molecular complexity index is 394. The van der Waals surface area contributed by atoms with E-state index in [0.29, 0.717) is 0 Å². The van der Waals surface area contributed by atoms with Crippen molar-refractivity contribution < 1.29 is 26.9 Å². The third-order valence-corrected chi connectivity index (χ3v) is 5.07. The summed E-state index contributed by atoms with van der Waals surface area (Å²) < 4.78 is 1.11. The van der Waals surface area contributed by atoms with E-state index in [2.05, 4.69) is 51.4 Å². The highest BCUT2D eigenvalue weighted by molar-refractivity contribution is 5.13. The molecule has 3 heteroatoms. The molecule has 0 spiro atoms. The van der Waals surface area contributed by atoms with Gasteiger partial charge in [-0.15, -0.1) is 0 Å². The topological polar surface area (TPSA) is 31.5 Å². The van der Waals surface area contributed by atoms with E-state index >= 15 is 0 Å². The third-order valence-electron chi connectivity index (χ3n) is 5.07. The van der Waals surface area contributed by atoms with Crippen LogP contribution < -0.4 is 17.0 Å². The zero-order valence-electron chi connectivity index (χ0n) is 17.6. The molecular weight excluding hydrogens is 386 g/mol. The molecule has 154 valence electrons. The first-order valence-corrected chi connectivity index (χ1v) is 10.5. The molecule has 0 saturated carbocycles. The van der Waals surface area contributed by atoms with Gasteiger partial charge in [-0.1, -0.05) is 101 Å². The molecule has 2 N–H and O–H groups in total. The van der Waals surface area contributed by atoms with E-state index < -0.39 is 0 Å². The van der Waals surface area contributed by atoms with E-state index in [1.807, 2.05) is 0 Å². The summed E-state index contributed by atoms with van der Waals surface area (Å²) in [6.45, 7) is 4.74. The maximum absolute atomic E-state index is 2.37. The second-order valence-corrected chi connectivity index (χ2v) is 8.19. The molecule has 0 radical (unpaired) electrons. The lowest BCUT2D eigenvalue weighted by Gasteiger charge is -2.30. The zero-order valence-corrected chi connectivity index (χ0v) is 19.2. The summed E-state index contributed by atoms with van der Waals surface area (Å²) in [6, 6.07) is 10.9. The number of hydrogen-bond acceptors (Lipinski definition) is 0. The largest absolute Gasteiger partial charge is 1.00 e. The monoisotopic (exact) mass is 429 g/mol. The summed E-state index contributed by atoms with van der Waals surface area (Å²) in [5.41, 5.74) is 1.46. The molecule has 0 bridgehead atoms. The van der Waals surface area contributed by atoms with Crippen molar-refractivity contribution in [3.63, 3.8) is 0 Å². The number of nitrogens with zero attached hydrogens (tertiary/aromatic N) is 1. The smallest absolute Gasteiger partial charge is 0.104 e. The summed E-state index contributed by atoms with van der Waals surface area (Å²) in [4.78, 5) is 0. The van der Waals surface area contributed by atoms with Crippen molar-refractivity contribution >= 4 is 0 Å². The minimum absolute atomic E-state index is 0. The maximum Gasteiger partial charge on any atom is 0.104 e. The van der Waals surface area contributed by atoms with Gasteiger partial charge in [0.1, 0.15) is 6.54 Å². The van der Waals surface area contributed by atoms with Crippen molar-refractivity contribution in [3.8, 4) is 0 Å². The molecule has 0 aliphatic heterocycles. The lowest BCUT2D eigenvalue weighted by Crippen LogP contribution is -3.00. The van der Waals surface area contributed by atoms with E-state index in [0.717, 1.165) is 11.0 Å². The zero-order chi connectivity index (χ0) is 17.5. The molecule has 0 atom stereocenters. The quantitative estimate of drug-likeness (QED) is 0.303. The predicted octanol–water partition coefficient (Wildman–Crippen LogP) is 3.14. The molecule has 1 aromatic carbocycles. The van der Waals surface area contributed by atoms with Gasteiger partial charge >= 0.3 is 0 Å². The summed E-state index contributed by atoms with van der Waals surface area (Å²) in [6.07, 6.45) is 17.2. The van der Waals surface area contributed by atoms with Gasteiger partial charge in [-0.05, 0) is 12.8 Å². The minimum atomic E-state index is 0. The first-order valence-electron chi connectivity index (χ1n) is 10.5. The number of quaternary nitrogens is 1. The molecule has 0 saturated heterocycles. The van der Waals surface area contributed by atoms with Gasteiger partial charge in [0.15, 0.2) is 0 Å². The highest BCUT2D eigenvalue weighted by atomic mass is 79.9. The lowest BCUT2D eigenvalue weighted by molar-refractivity contribution is -0.903. The van der Waals surface area contributed by atoms with Gasteiger partial charge in [0, 0.05) is 5.56 Å². The molecule has 1 aromatic rings. The second kappa shape index (κ2) is 18.0. The van der Waals surface area contributed by atoms with Crippen LogP contribution >= 0.6 is 0 Å². The first-order chi connectivity index (χ1) is 11.6. The Balaban J connectivity index is 0. The van der Waals surface area contributed by atoms with Crippen molar-refractivity contribution in [2.45, 2.75) is 90.5 Å². The van der Waals surface area contributed by atoms with Gasteiger partial charge in [0.2, 0.25) is 0 Å². The Morgan fingerprint density at radius 1 is 0.654 bits per heavy atom. The number of rotatable bonds is 15. The normalized spacial score (nSPS) is 10.9. The highest BCUT2D eigenvalue weighted by Gasteiger charge is 2.14. The fourth-order valence-corrected chi connectivity index (χ4v) is 3.54. The number of benzene rings is 1. The summed E-state index contributed by atoms with van der Waals surface area (Å²) in [7, 11) is 4.73. The van der Waals surface area contributed by atoms with E-state index in [1.54, 1.807) is 0 Å². The minimum Gasteiger partial charge on any atom is -1.00 e. The van der Waals surface area contributed by atoms with Crippen molar-refractivity contribution in [3.05, 3.63) is 35.9 Å². The van der Waals surface area contributed by atoms with Crippen molar-refractivity contribution in [2.75, 3.05) is 20.6 Å². The summed E-state index contributed by atoms with van der Waals surface area (Å²) in [5.74, 6) is 0. The van der Waals surface area contributed by atoms with Crippen molar-refractivity contribution in [1.82, 2.24) is 0 Å². The Labute approximate surface area is 174 Å². The van der Waals surface area contributed by atoms with Crippen LogP contribution in [0.2, 0.25) is 0 Å². The van der Waals surface area contributed by atoms with Gasteiger partial charge < -0.3 is 26.9 Å². The van der Waals surface area contributed by atoms with Crippen molar-refractivity contribution in [1.29, 1.82) is 0 Å². The van der Waals surface area contributed by atoms with E-state index in [4.69, 9.17) is 0 Å². The molecule has 0 aliphatic carbocycles. The maximum atomic E-state index is 2.37. The molecule has 1 rings (SSSR count). The Hall–Kier alpha value is -0.380. The number of halogens is 1. The summed E-state index contributed by atoms with van der Waals surface area (Å²) >= 11 is 0. The second-order valence-electron chi connectivity index (χ2n) is 8.19. The molecule has 0 fully saturated rings. The van der Waals surface area contributed by atoms with Crippen LogP contribution in [0.5, 0.6) is 0 Å². The molecule has 0 amide bonds. The van der Waals surface area contributed by atoms with Gasteiger partial charge in [0.05, 0.1) is 20.6 Å². The SMILES string of the molecule is CCCCCCCCCCCCCC[N+](C)(C)Cc1ccccc1.O.[Br-]. The molecule has 0 aliphatic rings. The van der Waals surface area contributed by atoms with Crippen LogP contribution in [-0.2, 0) is 6.54 Å². The predicted molar refractivity (Wildman–Crippen MR) is 112 cm³/mol. The fraction of sp³-hybridized carbons (Fsp3) is 0.739. The van der Waals surface area contributed by atoms with Crippen molar-refractivity contribution in [2.24, 2.45) is 0 Å². The van der Waals surface area contributed by atoms with Gasteiger partial charge in [-0.2, -0.15) is 0 Å². The highest BCUT2D eigenvalue weighted by Crippen LogP contribution is 2.14. The van der Waals surface area contributed by atoms with Gasteiger partial charge in [-0.25, -0.2) is 0 Å². The van der Waals surface area contributed by atoms with Crippen LogP contribution in [0.15, 0.2) is 30.3 Å². The van der Waals surface area contributed by atoms with Crippen LogP contribution in [0.3, 0.4) is 0 Å². The Morgan fingerprint density at radius 2 is 1.08 bits per heavy atom. The fourth-order valence-electron chi connectivity index (χ4n) is 3.54. The van der Waals surface area contributed by atoms with E-state index in [1.165, 1.54) is 89.2 Å². The van der Waals surface area contributed by atoms with Crippen LogP contribution in [0.25, 0.3) is 0 Å². The molecule has 0 aromatic heterocycles. The Morgan fingerprint density at radius 3 is 1.54 bits per heavy atom. The van der Waals surface area contributed by atoms with Crippen LogP contribution in [0, 0.1) is 0 Å². The standard InChI is InChI=1S/C23H42N.BrH.H2O/c1-4-5-6-7-8-9-10-11-12-13-14-18-21-24(2,3)22-23-19-16-15-17-20-23;;/h15-17,19-20H,4-14,18,21-22H2,1-3H3;1H;1H2/q+1;;/p-1. The van der Waals surface area contributed by atoms with Gasteiger partial charge in [0.25, 0.3) is 0 Å². The van der Waals surface area contributed by atoms with E-state index in [9.17, 15) is 0 Å². The molecular formula is C23H44BrNO. The van der Waals surface area contributed by atoms with Gasteiger partial charge in [-0.3, -0.25) is 0 Å². The van der Waals surface area contributed by atoms with E-state index in [-0.39, 0.29) is 22.5 Å². The third kappa shape index (κ3) is 15.8. The Kier molecular flexibility index (Phi) is 19.3. The molecule has 26 heavy (non-hydrogen) atoms. The van der Waals surface area contributed by atoms with Crippen LogP contribution in [0.4, 0.5) is 0 Å². The van der Waals surface area contributed by atoms with Crippen LogP contribution in [0.1, 0.15) is 89.5 Å². The number of unbranched alkanes of at least 4 members (excludes halogenated alkanes) is 11. The van der Waals surface area contributed by atoms with Crippen LogP contribution in [-0.4, -0.2) is 30.6 Å². The lowest BCUT2D eigenvalue weighted by atomic mass is 10.1.